The van der Waals surface area contributed by atoms with E-state index in [0.29, 0.717) is 39.3 Å². The van der Waals surface area contributed by atoms with Crippen LogP contribution in [0.3, 0.4) is 0 Å². The first-order valence-electron chi connectivity index (χ1n) is 16.8. The van der Waals surface area contributed by atoms with E-state index in [0.717, 1.165) is 5.56 Å². The third-order valence-corrected chi connectivity index (χ3v) is 8.31. The number of likely N-dealkylation sites (N-methyl/N-ethyl adjacent to an activating group) is 1. The van der Waals surface area contributed by atoms with E-state index in [1.54, 1.807) is 60.7 Å². The minimum Gasteiger partial charge on any atom is -0.492 e. The zero-order valence-electron chi connectivity index (χ0n) is 29.4. The number of rotatable bonds is 12. The van der Waals surface area contributed by atoms with E-state index in [4.69, 9.17) is 26.2 Å². The molecule has 0 radical (unpaired) electrons. The van der Waals surface area contributed by atoms with E-state index in [-0.39, 0.29) is 39.3 Å². The Bertz CT molecular complexity index is 1830. The highest BCUT2D eigenvalue weighted by Crippen LogP contribution is 2.40. The van der Waals surface area contributed by atoms with Crippen molar-refractivity contribution in [3.05, 3.63) is 82.9 Å². The van der Waals surface area contributed by atoms with Crippen molar-refractivity contribution in [1.29, 1.82) is 5.26 Å². The summed E-state index contributed by atoms with van der Waals surface area (Å²) in [7, 11) is 1.42. The molecule has 1 aliphatic rings. The molecule has 15 nitrogen and oxygen atoms in total. The summed E-state index contributed by atoms with van der Waals surface area (Å²) in [5.74, 6) is -2.22. The van der Waals surface area contributed by atoms with Gasteiger partial charge >= 0.3 is 0 Å². The van der Waals surface area contributed by atoms with E-state index in [1.807, 2.05) is 13.0 Å². The van der Waals surface area contributed by atoms with Gasteiger partial charge in [0.05, 0.1) is 12.6 Å². The molecule has 4 bridgehead atoms. The summed E-state index contributed by atoms with van der Waals surface area (Å²) in [6, 6.07) is 15.3. The van der Waals surface area contributed by atoms with Gasteiger partial charge < -0.3 is 47.1 Å². The average Bonchev–Trinajstić information content (AvgIpc) is 3.14. The molecule has 0 spiro atoms. The number of aryl methyl sites for hydroxylation is 1. The number of fused-ring (bicyclic) bond motifs is 5. The first kappa shape index (κ1) is 38.8. The lowest BCUT2D eigenvalue weighted by molar-refractivity contribution is -0.139. The van der Waals surface area contributed by atoms with Gasteiger partial charge in [-0.3, -0.25) is 24.0 Å². The van der Waals surface area contributed by atoms with Crippen molar-refractivity contribution in [3.63, 3.8) is 0 Å². The quantitative estimate of drug-likeness (QED) is 0.142. The van der Waals surface area contributed by atoms with Gasteiger partial charge in [0.25, 0.3) is 5.91 Å². The number of carbonyl (C=O) groups is 5. The molecule has 5 amide bonds. The molecule has 0 aliphatic carbocycles. The SMILES string of the molecule is Cc1ccc(C(=O)NCC(=O)N(C)C2C(=O)N[C@@H](C)C(=O)NC(C(=O)NCC#N)Cc3ccc(OCCN)c(c3)-c3cc2ccc3OCCN)cc1. The Hall–Kier alpha value is -5.98. The summed E-state index contributed by atoms with van der Waals surface area (Å²) in [6.45, 7) is 3.41. The second-order valence-electron chi connectivity index (χ2n) is 12.2. The van der Waals surface area contributed by atoms with Crippen LogP contribution >= 0.6 is 0 Å². The number of carbonyl (C=O) groups excluding carboxylic acids is 5. The fraction of sp³-hybridized carbons (Fsp3) is 0.351. The van der Waals surface area contributed by atoms with E-state index in [1.165, 1.54) is 18.9 Å². The van der Waals surface area contributed by atoms with Crippen LogP contribution in [0.1, 0.15) is 40.0 Å². The molecular weight excluding hydrogens is 668 g/mol. The Morgan fingerprint density at radius 2 is 1.54 bits per heavy atom. The lowest BCUT2D eigenvalue weighted by Gasteiger charge is -2.30. The highest BCUT2D eigenvalue weighted by molar-refractivity contribution is 5.98. The topological polar surface area (TPSA) is 231 Å². The molecule has 3 aromatic carbocycles. The minimum atomic E-state index is -1.30. The Morgan fingerprint density at radius 1 is 0.904 bits per heavy atom. The van der Waals surface area contributed by atoms with Crippen LogP contribution in [-0.2, 0) is 25.6 Å². The molecule has 3 atom stereocenters. The van der Waals surface area contributed by atoms with Crippen LogP contribution in [0.4, 0.5) is 0 Å². The lowest BCUT2D eigenvalue weighted by atomic mass is 9.93. The molecular formula is C37H44N8O7. The van der Waals surface area contributed by atoms with E-state index in [2.05, 4.69) is 21.3 Å². The van der Waals surface area contributed by atoms with Crippen molar-refractivity contribution >= 4 is 29.5 Å². The minimum absolute atomic E-state index is 0.0285. The molecule has 52 heavy (non-hydrogen) atoms. The third-order valence-electron chi connectivity index (χ3n) is 8.31. The molecule has 2 unspecified atom stereocenters. The summed E-state index contributed by atoms with van der Waals surface area (Å²) in [5, 5.41) is 19.5. The monoisotopic (exact) mass is 712 g/mol. The number of nitriles is 1. The van der Waals surface area contributed by atoms with Crippen LogP contribution in [0.5, 0.6) is 11.5 Å². The zero-order chi connectivity index (χ0) is 37.8. The van der Waals surface area contributed by atoms with Gasteiger partial charge in [-0.2, -0.15) is 5.26 Å². The van der Waals surface area contributed by atoms with Crippen molar-refractivity contribution in [2.45, 2.75) is 38.4 Å². The predicted octanol–water partition coefficient (Wildman–Crippen LogP) is 0.452. The van der Waals surface area contributed by atoms with E-state index >= 15 is 0 Å². The van der Waals surface area contributed by atoms with Crippen molar-refractivity contribution < 1.29 is 33.4 Å². The van der Waals surface area contributed by atoms with Crippen LogP contribution in [0.2, 0.25) is 0 Å². The Morgan fingerprint density at radius 3 is 2.17 bits per heavy atom. The van der Waals surface area contributed by atoms with Gasteiger partial charge in [-0.15, -0.1) is 0 Å². The Labute approximate surface area is 302 Å². The average molecular weight is 713 g/mol. The van der Waals surface area contributed by atoms with Crippen molar-refractivity contribution in [3.8, 4) is 28.7 Å². The number of nitrogens with one attached hydrogen (secondary N) is 4. The number of nitrogens with two attached hydrogens (primary N) is 2. The Balaban J connectivity index is 1.83. The second kappa shape index (κ2) is 18.3. The maximum absolute atomic E-state index is 14.1. The molecule has 3 aromatic rings. The maximum Gasteiger partial charge on any atom is 0.251 e. The highest BCUT2D eigenvalue weighted by Gasteiger charge is 2.33. The molecule has 15 heteroatoms. The van der Waals surface area contributed by atoms with Crippen LogP contribution in [0.15, 0.2) is 60.7 Å². The maximum atomic E-state index is 14.1. The summed E-state index contributed by atoms with van der Waals surface area (Å²) in [5.41, 5.74) is 14.9. The van der Waals surface area contributed by atoms with Crippen molar-refractivity contribution in [2.24, 2.45) is 11.5 Å². The van der Waals surface area contributed by atoms with Crippen molar-refractivity contribution in [1.82, 2.24) is 26.2 Å². The van der Waals surface area contributed by atoms with Gasteiger partial charge in [0.15, 0.2) is 0 Å². The molecule has 0 saturated heterocycles. The summed E-state index contributed by atoms with van der Waals surface area (Å²) in [6.07, 6.45) is 0.0285. The fourth-order valence-electron chi connectivity index (χ4n) is 5.56. The first-order chi connectivity index (χ1) is 25.0. The number of nitrogens with zero attached hydrogens (tertiary/aromatic N) is 2. The normalized spacial score (nSPS) is 17.0. The number of hydrogen-bond donors (Lipinski definition) is 6. The molecule has 274 valence electrons. The van der Waals surface area contributed by atoms with Crippen LogP contribution in [-0.4, -0.2) is 93.0 Å². The summed E-state index contributed by atoms with van der Waals surface area (Å²) < 4.78 is 12.0. The number of hydrogen-bond acceptors (Lipinski definition) is 10. The van der Waals surface area contributed by atoms with Gasteiger partial charge in [-0.25, -0.2) is 0 Å². The molecule has 4 rings (SSSR count). The molecule has 0 fully saturated rings. The number of benzene rings is 3. The number of ether oxygens (including phenoxy) is 2. The number of amides is 5. The van der Waals surface area contributed by atoms with E-state index in [9.17, 15) is 24.0 Å². The van der Waals surface area contributed by atoms with Gasteiger partial charge in [0, 0.05) is 43.2 Å². The molecule has 0 aromatic heterocycles. The van der Waals surface area contributed by atoms with Crippen LogP contribution < -0.4 is 42.2 Å². The highest BCUT2D eigenvalue weighted by atomic mass is 16.5. The fourth-order valence-corrected chi connectivity index (χ4v) is 5.56. The van der Waals surface area contributed by atoms with Gasteiger partial charge in [-0.1, -0.05) is 29.8 Å². The summed E-state index contributed by atoms with van der Waals surface area (Å²) >= 11 is 0. The Kier molecular flexibility index (Phi) is 13.7. The molecule has 8 N–H and O–H groups in total. The molecule has 1 heterocycles. The third kappa shape index (κ3) is 9.83. The van der Waals surface area contributed by atoms with Crippen LogP contribution in [0.25, 0.3) is 11.1 Å². The van der Waals surface area contributed by atoms with Gasteiger partial charge in [0.2, 0.25) is 23.6 Å². The first-order valence-corrected chi connectivity index (χ1v) is 16.8. The second-order valence-corrected chi connectivity index (χ2v) is 12.2. The van der Waals surface area contributed by atoms with Crippen LogP contribution in [0, 0.1) is 18.3 Å². The van der Waals surface area contributed by atoms with Gasteiger partial charge in [-0.05, 0) is 61.4 Å². The molecule has 1 aliphatic heterocycles. The van der Waals surface area contributed by atoms with Crippen molar-refractivity contribution in [2.75, 3.05) is 46.4 Å². The standard InChI is InChI=1S/C37H44N8O7/c1-22-4-7-25(8-5-22)35(48)42-21-32(46)45(3)33-26-9-11-31(52-17-14-40)28(20-26)27-18-24(6-10-30(27)51-16-13-39)19-29(36(49)41-15-12-38)44-34(47)23(2)43-37(33)50/h4-11,18,20,23,29,33H,13-17,19,21,39-40H2,1-3H3,(H,41,49)(H,42,48)(H,43,50)(H,44,47)/t23-,29?,33?/m0/s1. The molecule has 0 saturated carbocycles. The van der Waals surface area contributed by atoms with Gasteiger partial charge in [0.1, 0.15) is 49.4 Å². The zero-order valence-corrected chi connectivity index (χ0v) is 29.4. The summed E-state index contributed by atoms with van der Waals surface area (Å²) in [4.78, 5) is 68.3. The smallest absolute Gasteiger partial charge is 0.251 e. The largest absolute Gasteiger partial charge is 0.492 e. The van der Waals surface area contributed by atoms with E-state index < -0.39 is 54.2 Å². The lowest BCUT2D eigenvalue weighted by Crippen LogP contribution is -2.55. The predicted molar refractivity (Wildman–Crippen MR) is 192 cm³/mol.